The summed E-state index contributed by atoms with van der Waals surface area (Å²) in [5, 5.41) is 17.1. The lowest BCUT2D eigenvalue weighted by atomic mass is 10.0. The van der Waals surface area contributed by atoms with Crippen LogP contribution in [0, 0.1) is 11.3 Å². The third kappa shape index (κ3) is 5.23. The summed E-state index contributed by atoms with van der Waals surface area (Å²) in [6.45, 7) is 5.52. The van der Waals surface area contributed by atoms with Crippen molar-refractivity contribution >= 4 is 5.69 Å². The van der Waals surface area contributed by atoms with Gasteiger partial charge in [-0.1, -0.05) is 19.9 Å². The SMILES string of the molecule is CC([O])C#N.COc1cccc(N)c1C(C)C. The summed E-state index contributed by atoms with van der Waals surface area (Å²) < 4.78 is 5.21. The van der Waals surface area contributed by atoms with E-state index < -0.39 is 6.10 Å². The zero-order valence-corrected chi connectivity index (χ0v) is 10.7. The minimum absolute atomic E-state index is 0.404. The summed E-state index contributed by atoms with van der Waals surface area (Å²) in [6.07, 6.45) is -1.06. The Morgan fingerprint density at radius 3 is 2.18 bits per heavy atom. The number of ether oxygens (including phenoxy) is 1. The van der Waals surface area contributed by atoms with Gasteiger partial charge in [-0.25, -0.2) is 5.11 Å². The third-order valence-corrected chi connectivity index (χ3v) is 2.08. The topological polar surface area (TPSA) is 78.9 Å². The molecule has 0 amide bonds. The first-order valence-electron chi connectivity index (χ1n) is 5.41. The highest BCUT2D eigenvalue weighted by atomic mass is 16.5. The largest absolute Gasteiger partial charge is 0.496 e. The molecule has 0 heterocycles. The summed E-state index contributed by atoms with van der Waals surface area (Å²) in [5.41, 5.74) is 7.72. The fourth-order valence-corrected chi connectivity index (χ4v) is 1.36. The van der Waals surface area contributed by atoms with Gasteiger partial charge in [0.1, 0.15) is 5.75 Å². The average Bonchev–Trinajstić information content (AvgIpc) is 2.28. The highest BCUT2D eigenvalue weighted by Crippen LogP contribution is 2.30. The normalized spacial score (nSPS) is 11.1. The maximum Gasteiger partial charge on any atom is 0.176 e. The van der Waals surface area contributed by atoms with Crippen LogP contribution in [-0.2, 0) is 5.11 Å². The van der Waals surface area contributed by atoms with Gasteiger partial charge in [0, 0.05) is 11.3 Å². The van der Waals surface area contributed by atoms with E-state index in [1.165, 1.54) is 13.0 Å². The summed E-state index contributed by atoms with van der Waals surface area (Å²) in [5.74, 6) is 1.28. The van der Waals surface area contributed by atoms with Gasteiger partial charge in [0.25, 0.3) is 0 Å². The van der Waals surface area contributed by atoms with Crippen molar-refractivity contribution in [1.82, 2.24) is 0 Å². The van der Waals surface area contributed by atoms with Crippen molar-refractivity contribution in [2.24, 2.45) is 0 Å². The molecule has 0 bridgehead atoms. The van der Waals surface area contributed by atoms with Crippen molar-refractivity contribution in [3.8, 4) is 11.8 Å². The average molecular weight is 235 g/mol. The molecule has 1 aromatic carbocycles. The quantitative estimate of drug-likeness (QED) is 0.800. The standard InChI is InChI=1S/C10H15NO.C3H4NO/c1-7(2)10-8(11)5-4-6-9(10)12-3;1-3(5)2-4/h4-7H,11H2,1-3H3;3H,1H3. The number of benzene rings is 1. The van der Waals surface area contributed by atoms with Gasteiger partial charge in [-0.2, -0.15) is 5.26 Å². The number of hydrogen-bond acceptors (Lipinski definition) is 3. The lowest BCUT2D eigenvalue weighted by Gasteiger charge is -2.13. The lowest BCUT2D eigenvalue weighted by Crippen LogP contribution is -1.99. The number of anilines is 1. The van der Waals surface area contributed by atoms with E-state index in [1.54, 1.807) is 7.11 Å². The van der Waals surface area contributed by atoms with Gasteiger partial charge in [-0.3, -0.25) is 0 Å². The van der Waals surface area contributed by atoms with E-state index in [-0.39, 0.29) is 0 Å². The van der Waals surface area contributed by atoms with Crippen LogP contribution >= 0.6 is 0 Å². The molecule has 0 saturated carbocycles. The summed E-state index contributed by atoms with van der Waals surface area (Å²) in [6, 6.07) is 7.21. The molecule has 0 aliphatic carbocycles. The van der Waals surface area contributed by atoms with Crippen LogP contribution in [-0.4, -0.2) is 13.2 Å². The van der Waals surface area contributed by atoms with Crippen molar-refractivity contribution in [2.45, 2.75) is 32.8 Å². The molecule has 0 saturated heterocycles. The lowest BCUT2D eigenvalue weighted by molar-refractivity contribution is 0.152. The van der Waals surface area contributed by atoms with Crippen LogP contribution in [0.1, 0.15) is 32.3 Å². The Kier molecular flexibility index (Phi) is 6.76. The number of rotatable bonds is 2. The van der Waals surface area contributed by atoms with Crippen LogP contribution in [0.15, 0.2) is 18.2 Å². The predicted octanol–water partition coefficient (Wildman–Crippen LogP) is 2.73. The Bertz CT molecular complexity index is 381. The van der Waals surface area contributed by atoms with Crippen LogP contribution in [0.3, 0.4) is 0 Å². The zero-order valence-electron chi connectivity index (χ0n) is 10.7. The predicted molar refractivity (Wildman–Crippen MR) is 67.3 cm³/mol. The van der Waals surface area contributed by atoms with Gasteiger partial charge in [0.05, 0.1) is 13.2 Å². The molecule has 0 fully saturated rings. The molecular weight excluding hydrogens is 216 g/mol. The maximum atomic E-state index is 9.53. The first-order chi connectivity index (χ1) is 7.93. The Balaban J connectivity index is 0.000000437. The van der Waals surface area contributed by atoms with Gasteiger partial charge in [-0.05, 0) is 25.0 Å². The second kappa shape index (κ2) is 7.53. The Hall–Kier alpha value is -1.73. The Labute approximate surface area is 103 Å². The van der Waals surface area contributed by atoms with E-state index in [9.17, 15) is 5.11 Å². The molecule has 0 aromatic heterocycles. The van der Waals surface area contributed by atoms with Crippen molar-refractivity contribution in [3.63, 3.8) is 0 Å². The van der Waals surface area contributed by atoms with Gasteiger partial charge in [0.15, 0.2) is 6.10 Å². The van der Waals surface area contributed by atoms with Crippen molar-refractivity contribution in [3.05, 3.63) is 23.8 Å². The van der Waals surface area contributed by atoms with E-state index in [2.05, 4.69) is 13.8 Å². The molecule has 4 heteroatoms. The van der Waals surface area contributed by atoms with E-state index in [0.717, 1.165) is 17.0 Å². The van der Waals surface area contributed by atoms with E-state index >= 15 is 0 Å². The molecule has 1 atom stereocenters. The van der Waals surface area contributed by atoms with E-state index in [0.29, 0.717) is 5.92 Å². The van der Waals surface area contributed by atoms with Crippen LogP contribution in [0.4, 0.5) is 5.69 Å². The maximum absolute atomic E-state index is 9.53. The van der Waals surface area contributed by atoms with Crippen LogP contribution in [0.25, 0.3) is 0 Å². The molecule has 1 radical (unpaired) electrons. The second-order valence-corrected chi connectivity index (χ2v) is 3.89. The molecule has 17 heavy (non-hydrogen) atoms. The molecular formula is C13H19N2O2. The monoisotopic (exact) mass is 235 g/mol. The fourth-order valence-electron chi connectivity index (χ4n) is 1.36. The van der Waals surface area contributed by atoms with Crippen molar-refractivity contribution < 1.29 is 9.84 Å². The number of nitrogen functional groups attached to an aromatic ring is 1. The zero-order chi connectivity index (χ0) is 13.4. The summed E-state index contributed by atoms with van der Waals surface area (Å²) >= 11 is 0. The summed E-state index contributed by atoms with van der Waals surface area (Å²) in [4.78, 5) is 0. The fraction of sp³-hybridized carbons (Fsp3) is 0.462. The molecule has 2 N–H and O–H groups in total. The minimum Gasteiger partial charge on any atom is -0.496 e. The smallest absolute Gasteiger partial charge is 0.176 e. The minimum atomic E-state index is -1.06. The van der Waals surface area contributed by atoms with E-state index in [4.69, 9.17) is 15.7 Å². The van der Waals surface area contributed by atoms with Gasteiger partial charge in [-0.15, -0.1) is 0 Å². The Morgan fingerprint density at radius 1 is 1.35 bits per heavy atom. The number of methoxy groups -OCH3 is 1. The third-order valence-electron chi connectivity index (χ3n) is 2.08. The molecule has 1 aromatic rings. The second-order valence-electron chi connectivity index (χ2n) is 3.89. The molecule has 1 rings (SSSR count). The van der Waals surface area contributed by atoms with E-state index in [1.807, 2.05) is 18.2 Å². The van der Waals surface area contributed by atoms with Gasteiger partial charge in [0.2, 0.25) is 0 Å². The Morgan fingerprint density at radius 2 is 1.88 bits per heavy atom. The molecule has 4 nitrogen and oxygen atoms in total. The van der Waals surface area contributed by atoms with Crippen molar-refractivity contribution in [1.29, 1.82) is 5.26 Å². The van der Waals surface area contributed by atoms with Crippen LogP contribution in [0.2, 0.25) is 0 Å². The van der Waals surface area contributed by atoms with Gasteiger partial charge >= 0.3 is 0 Å². The number of nitrogens with two attached hydrogens (primary N) is 1. The first kappa shape index (κ1) is 15.3. The molecule has 0 aliphatic heterocycles. The number of nitriles is 1. The molecule has 93 valence electrons. The van der Waals surface area contributed by atoms with Crippen LogP contribution in [0.5, 0.6) is 5.75 Å². The van der Waals surface area contributed by atoms with Gasteiger partial charge < -0.3 is 10.5 Å². The summed E-state index contributed by atoms with van der Waals surface area (Å²) in [7, 11) is 1.67. The molecule has 0 spiro atoms. The highest BCUT2D eigenvalue weighted by Gasteiger charge is 2.09. The number of hydrogen-bond donors (Lipinski definition) is 1. The van der Waals surface area contributed by atoms with Crippen molar-refractivity contribution in [2.75, 3.05) is 12.8 Å². The number of nitrogens with zero attached hydrogens (tertiary/aromatic N) is 1. The van der Waals surface area contributed by atoms with Crippen LogP contribution < -0.4 is 10.5 Å². The highest BCUT2D eigenvalue weighted by molar-refractivity contribution is 5.55. The first-order valence-corrected chi connectivity index (χ1v) is 5.41. The molecule has 1 unspecified atom stereocenters. The molecule has 0 aliphatic rings.